The Morgan fingerprint density at radius 2 is 1.94 bits per heavy atom. The van der Waals surface area contributed by atoms with Gasteiger partial charge >= 0.3 is 0 Å². The summed E-state index contributed by atoms with van der Waals surface area (Å²) in [7, 11) is 0. The first kappa shape index (κ1) is 14.2. The minimum atomic E-state index is -0.931. The molecule has 1 aromatic rings. The molecule has 0 aliphatic rings. The lowest BCUT2D eigenvalue weighted by Gasteiger charge is -2.24. The third-order valence-electron chi connectivity index (χ3n) is 2.64. The molecule has 2 N–H and O–H groups in total. The van der Waals surface area contributed by atoms with Crippen LogP contribution in [0, 0.1) is 5.92 Å². The molecule has 0 bridgehead atoms. The Kier molecular flexibility index (Phi) is 5.12. The predicted molar refractivity (Wildman–Crippen MR) is 68.9 cm³/mol. The number of halogens is 1. The summed E-state index contributed by atoms with van der Waals surface area (Å²) in [6.07, 6.45) is -0.931. The standard InChI is InChI=1S/C13H18ClNO2/c1-8(2)12(9(3)16)15-13(17)10-6-4-5-7-11(10)14/h4-8,12-13,15,17H,1-3H3/t12-,13?/m0/s1. The lowest BCUT2D eigenvalue weighted by molar-refractivity contribution is -0.121. The maximum atomic E-state index is 11.4. The van der Waals surface area contributed by atoms with Gasteiger partial charge < -0.3 is 5.11 Å². The summed E-state index contributed by atoms with van der Waals surface area (Å²) < 4.78 is 0. The van der Waals surface area contributed by atoms with E-state index in [4.69, 9.17) is 11.6 Å². The molecule has 0 saturated heterocycles. The molecular formula is C13H18ClNO2. The van der Waals surface area contributed by atoms with Crippen molar-refractivity contribution in [1.29, 1.82) is 0 Å². The van der Waals surface area contributed by atoms with Crippen molar-refractivity contribution in [2.45, 2.75) is 33.0 Å². The third kappa shape index (κ3) is 3.80. The monoisotopic (exact) mass is 255 g/mol. The molecule has 94 valence electrons. The van der Waals surface area contributed by atoms with E-state index in [1.54, 1.807) is 24.3 Å². The molecule has 0 aliphatic heterocycles. The molecule has 0 aromatic heterocycles. The number of hydrogen-bond acceptors (Lipinski definition) is 3. The molecule has 1 unspecified atom stereocenters. The highest BCUT2D eigenvalue weighted by atomic mass is 35.5. The molecule has 1 rings (SSSR count). The van der Waals surface area contributed by atoms with Crippen molar-refractivity contribution in [3.63, 3.8) is 0 Å². The van der Waals surface area contributed by atoms with Crippen molar-refractivity contribution >= 4 is 17.4 Å². The van der Waals surface area contributed by atoms with E-state index in [-0.39, 0.29) is 17.7 Å². The first-order chi connectivity index (χ1) is 7.93. The van der Waals surface area contributed by atoms with Crippen LogP contribution in [0.15, 0.2) is 24.3 Å². The molecule has 17 heavy (non-hydrogen) atoms. The summed E-state index contributed by atoms with van der Waals surface area (Å²) in [5, 5.41) is 13.4. The molecule has 0 amide bonds. The van der Waals surface area contributed by atoms with Crippen LogP contribution in [-0.2, 0) is 4.79 Å². The van der Waals surface area contributed by atoms with Crippen molar-refractivity contribution in [1.82, 2.24) is 5.32 Å². The van der Waals surface area contributed by atoms with Gasteiger partial charge in [-0.25, -0.2) is 0 Å². The van der Waals surface area contributed by atoms with Crippen LogP contribution in [0.1, 0.15) is 32.6 Å². The van der Waals surface area contributed by atoms with E-state index in [2.05, 4.69) is 5.32 Å². The molecule has 1 aromatic carbocycles. The zero-order chi connectivity index (χ0) is 13.0. The number of nitrogens with one attached hydrogen (secondary N) is 1. The van der Waals surface area contributed by atoms with Gasteiger partial charge in [0.15, 0.2) is 0 Å². The highest BCUT2D eigenvalue weighted by Crippen LogP contribution is 2.22. The van der Waals surface area contributed by atoms with Gasteiger partial charge in [0.25, 0.3) is 0 Å². The topological polar surface area (TPSA) is 49.3 Å². The van der Waals surface area contributed by atoms with E-state index in [0.717, 1.165) is 0 Å². The maximum Gasteiger partial charge on any atom is 0.147 e. The van der Waals surface area contributed by atoms with Gasteiger partial charge in [0, 0.05) is 10.6 Å². The second kappa shape index (κ2) is 6.15. The smallest absolute Gasteiger partial charge is 0.147 e. The number of hydrogen-bond donors (Lipinski definition) is 2. The fourth-order valence-corrected chi connectivity index (χ4v) is 1.98. The van der Waals surface area contributed by atoms with Gasteiger partial charge in [0.1, 0.15) is 12.0 Å². The van der Waals surface area contributed by atoms with Gasteiger partial charge in [-0.05, 0) is 18.9 Å². The average Bonchev–Trinajstić information content (AvgIpc) is 2.25. The summed E-state index contributed by atoms with van der Waals surface area (Å²) in [4.78, 5) is 11.4. The van der Waals surface area contributed by atoms with Gasteiger partial charge in [0.05, 0.1) is 6.04 Å². The lowest BCUT2D eigenvalue weighted by Crippen LogP contribution is -2.41. The number of rotatable bonds is 5. The number of carbonyl (C=O) groups excluding carboxylic acids is 1. The second-order valence-electron chi connectivity index (χ2n) is 4.42. The molecule has 0 radical (unpaired) electrons. The summed E-state index contributed by atoms with van der Waals surface area (Å²) in [5.74, 6) is 0.121. The zero-order valence-corrected chi connectivity index (χ0v) is 11.0. The van der Waals surface area contributed by atoms with Gasteiger partial charge in [-0.15, -0.1) is 0 Å². The highest BCUT2D eigenvalue weighted by Gasteiger charge is 2.22. The van der Waals surface area contributed by atoms with E-state index in [1.165, 1.54) is 6.92 Å². The molecule has 3 nitrogen and oxygen atoms in total. The first-order valence-corrected chi connectivity index (χ1v) is 6.00. The van der Waals surface area contributed by atoms with Gasteiger partial charge in [-0.2, -0.15) is 0 Å². The van der Waals surface area contributed by atoms with Crippen molar-refractivity contribution in [2.24, 2.45) is 5.92 Å². The number of carbonyl (C=O) groups is 1. The second-order valence-corrected chi connectivity index (χ2v) is 4.83. The zero-order valence-electron chi connectivity index (χ0n) is 10.3. The average molecular weight is 256 g/mol. The Labute approximate surface area is 107 Å². The molecular weight excluding hydrogens is 238 g/mol. The minimum absolute atomic E-state index is 0.00565. The number of benzene rings is 1. The summed E-state index contributed by atoms with van der Waals surface area (Å²) >= 11 is 5.98. The van der Waals surface area contributed by atoms with E-state index >= 15 is 0 Å². The largest absolute Gasteiger partial charge is 0.374 e. The van der Waals surface area contributed by atoms with Crippen LogP contribution in [0.2, 0.25) is 5.02 Å². The number of Topliss-reactive ketones (excluding diaryl/α,β-unsaturated/α-hetero) is 1. The van der Waals surface area contributed by atoms with Crippen molar-refractivity contribution in [3.05, 3.63) is 34.9 Å². The Hall–Kier alpha value is -0.900. The predicted octanol–water partition coefficient (Wildman–Crippen LogP) is 2.53. The minimum Gasteiger partial charge on any atom is -0.374 e. The van der Waals surface area contributed by atoms with Crippen molar-refractivity contribution in [3.8, 4) is 0 Å². The van der Waals surface area contributed by atoms with Crippen LogP contribution >= 0.6 is 11.6 Å². The summed E-state index contributed by atoms with van der Waals surface area (Å²) in [6, 6.07) is 6.66. The molecule has 0 aliphatic carbocycles. The molecule has 4 heteroatoms. The number of aliphatic hydroxyl groups excluding tert-OH is 1. The van der Waals surface area contributed by atoms with Crippen LogP contribution in [0.4, 0.5) is 0 Å². The quantitative estimate of drug-likeness (QED) is 0.795. The third-order valence-corrected chi connectivity index (χ3v) is 2.99. The van der Waals surface area contributed by atoms with Crippen LogP contribution in [0.5, 0.6) is 0 Å². The number of ketones is 1. The van der Waals surface area contributed by atoms with Crippen LogP contribution in [0.25, 0.3) is 0 Å². The first-order valence-electron chi connectivity index (χ1n) is 5.62. The van der Waals surface area contributed by atoms with E-state index in [0.29, 0.717) is 10.6 Å². The van der Waals surface area contributed by atoms with Crippen LogP contribution in [0.3, 0.4) is 0 Å². The summed E-state index contributed by atoms with van der Waals surface area (Å²) in [6.45, 7) is 5.37. The maximum absolute atomic E-state index is 11.4. The SMILES string of the molecule is CC(=O)[C@@H](NC(O)c1ccccc1Cl)C(C)C. The van der Waals surface area contributed by atoms with Gasteiger partial charge in [0.2, 0.25) is 0 Å². The fraction of sp³-hybridized carbons (Fsp3) is 0.462. The van der Waals surface area contributed by atoms with Crippen LogP contribution in [-0.4, -0.2) is 16.9 Å². The Bertz CT molecular complexity index is 393. The van der Waals surface area contributed by atoms with Gasteiger partial charge in [-0.3, -0.25) is 10.1 Å². The summed E-state index contributed by atoms with van der Waals surface area (Å²) in [5.41, 5.74) is 0.584. The van der Waals surface area contributed by atoms with E-state index < -0.39 is 6.23 Å². The molecule has 0 heterocycles. The van der Waals surface area contributed by atoms with E-state index in [9.17, 15) is 9.90 Å². The highest BCUT2D eigenvalue weighted by molar-refractivity contribution is 6.31. The fourth-order valence-electron chi connectivity index (χ4n) is 1.74. The molecule has 0 fully saturated rings. The van der Waals surface area contributed by atoms with Crippen molar-refractivity contribution in [2.75, 3.05) is 0 Å². The van der Waals surface area contributed by atoms with Gasteiger partial charge in [-0.1, -0.05) is 43.6 Å². The van der Waals surface area contributed by atoms with Crippen LogP contribution < -0.4 is 5.32 Å². The Morgan fingerprint density at radius 3 is 2.41 bits per heavy atom. The Morgan fingerprint density at radius 1 is 1.35 bits per heavy atom. The van der Waals surface area contributed by atoms with Crippen molar-refractivity contribution < 1.29 is 9.90 Å². The number of aliphatic hydroxyl groups is 1. The van der Waals surface area contributed by atoms with E-state index in [1.807, 2.05) is 13.8 Å². The molecule has 0 spiro atoms. The normalized spacial score (nSPS) is 14.7. The Balaban J connectivity index is 2.81. The lowest BCUT2D eigenvalue weighted by atomic mass is 10.00. The molecule has 2 atom stereocenters. The molecule has 0 saturated carbocycles.